The smallest absolute Gasteiger partial charge is 0.287 e. The van der Waals surface area contributed by atoms with E-state index < -0.39 is 4.92 Å². The van der Waals surface area contributed by atoms with Gasteiger partial charge in [0.05, 0.1) is 4.92 Å². The zero-order valence-electron chi connectivity index (χ0n) is 10.0. The van der Waals surface area contributed by atoms with E-state index in [4.69, 9.17) is 0 Å². The van der Waals surface area contributed by atoms with Crippen molar-refractivity contribution in [1.82, 2.24) is 4.98 Å². The third-order valence-electron chi connectivity index (χ3n) is 3.43. The molecule has 5 nitrogen and oxygen atoms in total. The average Bonchev–Trinajstić information content (AvgIpc) is 2.39. The summed E-state index contributed by atoms with van der Waals surface area (Å²) in [6.07, 6.45) is 7.56. The molecule has 1 aromatic rings. The Labute approximate surface area is 101 Å². The lowest BCUT2D eigenvalue weighted by Gasteiger charge is -2.31. The van der Waals surface area contributed by atoms with Crippen LogP contribution in [0.3, 0.4) is 0 Å². The Hall–Kier alpha value is -1.65. The number of hydrogen-bond acceptors (Lipinski definition) is 4. The van der Waals surface area contributed by atoms with Crippen molar-refractivity contribution >= 4 is 11.5 Å². The minimum absolute atomic E-state index is 0.0470. The van der Waals surface area contributed by atoms with E-state index in [1.54, 1.807) is 6.07 Å². The molecule has 17 heavy (non-hydrogen) atoms. The Morgan fingerprint density at radius 2 is 2.06 bits per heavy atom. The van der Waals surface area contributed by atoms with Crippen LogP contribution in [0, 0.1) is 10.1 Å². The van der Waals surface area contributed by atoms with E-state index >= 15 is 0 Å². The molecular weight excluding hydrogens is 218 g/mol. The average molecular weight is 235 g/mol. The van der Waals surface area contributed by atoms with Crippen LogP contribution in [-0.4, -0.2) is 23.0 Å². The van der Waals surface area contributed by atoms with Crippen LogP contribution in [0.4, 0.5) is 11.5 Å². The molecule has 0 amide bonds. The van der Waals surface area contributed by atoms with Crippen LogP contribution >= 0.6 is 0 Å². The molecule has 0 atom stereocenters. The van der Waals surface area contributed by atoms with E-state index in [2.05, 4.69) is 9.88 Å². The van der Waals surface area contributed by atoms with E-state index in [1.807, 2.05) is 7.05 Å². The van der Waals surface area contributed by atoms with E-state index in [9.17, 15) is 10.1 Å². The van der Waals surface area contributed by atoms with Gasteiger partial charge in [0.1, 0.15) is 12.0 Å². The van der Waals surface area contributed by atoms with Crippen LogP contribution in [0.1, 0.15) is 32.1 Å². The molecule has 92 valence electrons. The number of nitrogens with zero attached hydrogens (tertiary/aromatic N) is 3. The minimum atomic E-state index is -0.419. The lowest BCUT2D eigenvalue weighted by atomic mass is 9.94. The van der Waals surface area contributed by atoms with Gasteiger partial charge in [0, 0.05) is 19.2 Å². The van der Waals surface area contributed by atoms with Crippen molar-refractivity contribution in [2.45, 2.75) is 38.1 Å². The molecule has 1 saturated carbocycles. The van der Waals surface area contributed by atoms with Gasteiger partial charge in [-0.25, -0.2) is 4.98 Å². The molecule has 0 aliphatic heterocycles. The first-order valence-electron chi connectivity index (χ1n) is 6.02. The fourth-order valence-corrected chi connectivity index (χ4v) is 2.35. The first-order chi connectivity index (χ1) is 8.18. The highest BCUT2D eigenvalue weighted by atomic mass is 16.6. The lowest BCUT2D eigenvalue weighted by Crippen LogP contribution is -2.33. The zero-order chi connectivity index (χ0) is 12.3. The van der Waals surface area contributed by atoms with Crippen LogP contribution < -0.4 is 4.90 Å². The van der Waals surface area contributed by atoms with Gasteiger partial charge < -0.3 is 4.90 Å². The normalized spacial score (nSPS) is 16.8. The van der Waals surface area contributed by atoms with Crippen LogP contribution in [-0.2, 0) is 0 Å². The summed E-state index contributed by atoms with van der Waals surface area (Å²) in [6.45, 7) is 0. The van der Waals surface area contributed by atoms with Gasteiger partial charge in [0.25, 0.3) is 5.69 Å². The summed E-state index contributed by atoms with van der Waals surface area (Å²) in [5, 5.41) is 10.5. The predicted octanol–water partition coefficient (Wildman–Crippen LogP) is 2.76. The van der Waals surface area contributed by atoms with E-state index in [0.29, 0.717) is 6.04 Å². The second kappa shape index (κ2) is 5.12. The number of rotatable bonds is 3. The molecule has 1 aliphatic carbocycles. The van der Waals surface area contributed by atoms with E-state index in [-0.39, 0.29) is 5.69 Å². The van der Waals surface area contributed by atoms with E-state index in [0.717, 1.165) is 5.82 Å². The monoisotopic (exact) mass is 235 g/mol. The van der Waals surface area contributed by atoms with E-state index in [1.165, 1.54) is 44.4 Å². The van der Waals surface area contributed by atoms with Gasteiger partial charge in [0.15, 0.2) is 0 Å². The number of hydrogen-bond donors (Lipinski definition) is 0. The van der Waals surface area contributed by atoms with Crippen LogP contribution in [0.5, 0.6) is 0 Å². The van der Waals surface area contributed by atoms with Crippen molar-refractivity contribution in [2.75, 3.05) is 11.9 Å². The van der Waals surface area contributed by atoms with Crippen molar-refractivity contribution in [2.24, 2.45) is 0 Å². The molecule has 0 N–H and O–H groups in total. The molecule has 0 bridgehead atoms. The third-order valence-corrected chi connectivity index (χ3v) is 3.43. The standard InChI is InChI=1S/C12H17N3O2/c1-14(10-5-3-2-4-6-10)12-8-7-11(9-13-12)15(16)17/h7-10H,2-6H2,1H3. The third kappa shape index (κ3) is 2.72. The zero-order valence-corrected chi connectivity index (χ0v) is 10.0. The molecule has 5 heteroatoms. The van der Waals surface area contributed by atoms with Gasteiger partial charge >= 0.3 is 0 Å². The predicted molar refractivity (Wildman–Crippen MR) is 66.2 cm³/mol. The maximum atomic E-state index is 10.5. The summed E-state index contributed by atoms with van der Waals surface area (Å²) in [4.78, 5) is 16.4. The Morgan fingerprint density at radius 1 is 1.35 bits per heavy atom. The number of aromatic nitrogens is 1. The summed E-state index contributed by atoms with van der Waals surface area (Å²) in [6, 6.07) is 3.77. The van der Waals surface area contributed by atoms with Crippen LogP contribution in [0.15, 0.2) is 18.3 Å². The summed E-state index contributed by atoms with van der Waals surface area (Å²) >= 11 is 0. The maximum absolute atomic E-state index is 10.5. The van der Waals surface area contributed by atoms with Crippen molar-refractivity contribution in [3.05, 3.63) is 28.4 Å². The molecule has 1 aromatic heterocycles. The first kappa shape index (κ1) is 11.8. The highest BCUT2D eigenvalue weighted by Gasteiger charge is 2.19. The number of pyridine rings is 1. The topological polar surface area (TPSA) is 59.3 Å². The highest BCUT2D eigenvalue weighted by Crippen LogP contribution is 2.25. The number of nitro groups is 1. The Bertz CT molecular complexity index is 385. The fourth-order valence-electron chi connectivity index (χ4n) is 2.35. The van der Waals surface area contributed by atoms with Crippen LogP contribution in [0.25, 0.3) is 0 Å². The Kier molecular flexibility index (Phi) is 3.56. The molecule has 1 fully saturated rings. The molecule has 2 rings (SSSR count). The van der Waals surface area contributed by atoms with Crippen molar-refractivity contribution in [3.63, 3.8) is 0 Å². The second-order valence-electron chi connectivity index (χ2n) is 4.53. The molecule has 0 unspecified atom stereocenters. The van der Waals surface area contributed by atoms with Crippen LogP contribution in [0.2, 0.25) is 0 Å². The van der Waals surface area contributed by atoms with Gasteiger partial charge in [-0.1, -0.05) is 19.3 Å². The summed E-state index contributed by atoms with van der Waals surface area (Å²) in [7, 11) is 2.02. The molecule has 0 aromatic carbocycles. The van der Waals surface area contributed by atoms with Crippen molar-refractivity contribution in [1.29, 1.82) is 0 Å². The Morgan fingerprint density at radius 3 is 2.59 bits per heavy atom. The largest absolute Gasteiger partial charge is 0.357 e. The first-order valence-corrected chi connectivity index (χ1v) is 6.02. The molecule has 0 saturated heterocycles. The van der Waals surface area contributed by atoms with Gasteiger partial charge in [0.2, 0.25) is 0 Å². The summed E-state index contributed by atoms with van der Waals surface area (Å²) in [5.41, 5.74) is 0.0470. The van der Waals surface area contributed by atoms with Crippen molar-refractivity contribution < 1.29 is 4.92 Å². The molecule has 0 radical (unpaired) electrons. The van der Waals surface area contributed by atoms with Crippen molar-refractivity contribution in [3.8, 4) is 0 Å². The molecule has 1 aliphatic rings. The van der Waals surface area contributed by atoms with Gasteiger partial charge in [-0.05, 0) is 18.9 Å². The summed E-state index contributed by atoms with van der Waals surface area (Å²) < 4.78 is 0. The molecular formula is C12H17N3O2. The fraction of sp³-hybridized carbons (Fsp3) is 0.583. The lowest BCUT2D eigenvalue weighted by molar-refractivity contribution is -0.385. The maximum Gasteiger partial charge on any atom is 0.287 e. The summed E-state index contributed by atoms with van der Waals surface area (Å²) in [5.74, 6) is 0.822. The highest BCUT2D eigenvalue weighted by molar-refractivity contribution is 5.43. The quantitative estimate of drug-likeness (QED) is 0.597. The molecule has 0 spiro atoms. The Balaban J connectivity index is 2.07. The minimum Gasteiger partial charge on any atom is -0.357 e. The van der Waals surface area contributed by atoms with Gasteiger partial charge in [-0.2, -0.15) is 0 Å². The SMILES string of the molecule is CN(c1ccc([N+](=O)[O-])cn1)C1CCCCC1. The number of anilines is 1. The molecule has 1 heterocycles. The van der Waals surface area contributed by atoms with Gasteiger partial charge in [-0.3, -0.25) is 10.1 Å². The van der Waals surface area contributed by atoms with Gasteiger partial charge in [-0.15, -0.1) is 0 Å². The second-order valence-corrected chi connectivity index (χ2v) is 4.53.